The molecule has 0 aliphatic rings. The zero-order chi connectivity index (χ0) is 10.1. The summed E-state index contributed by atoms with van der Waals surface area (Å²) in [6.07, 6.45) is 1.78. The van der Waals surface area contributed by atoms with Gasteiger partial charge in [0.2, 0.25) is 0 Å². The van der Waals surface area contributed by atoms with Crippen LogP contribution in [0, 0.1) is 0 Å². The van der Waals surface area contributed by atoms with Crippen LogP contribution in [-0.4, -0.2) is 10.6 Å². The first kappa shape index (κ1) is 17.1. The quantitative estimate of drug-likeness (QED) is 0.133. The second kappa shape index (κ2) is 11.8. The van der Waals surface area contributed by atoms with E-state index < -0.39 is 0 Å². The summed E-state index contributed by atoms with van der Waals surface area (Å²) >= 11 is 7.92. The molecule has 0 amide bonds. The first-order valence-electron chi connectivity index (χ1n) is 3.33. The Kier molecular flexibility index (Phi) is 14.4. The van der Waals surface area contributed by atoms with Crippen LogP contribution in [0.3, 0.4) is 0 Å². The number of hydrogen-bond donors (Lipinski definition) is 3. The maximum Gasteiger partial charge on any atom is 1.00 e. The SMILES string of the molecule is NNC(=S)S.O=[C-]c1ccccc1.[K+]. The van der Waals surface area contributed by atoms with Gasteiger partial charge in [0.25, 0.3) is 0 Å². The summed E-state index contributed by atoms with van der Waals surface area (Å²) in [7, 11) is 0. The van der Waals surface area contributed by atoms with E-state index in [0.717, 1.165) is 0 Å². The molecule has 6 heteroatoms. The molecule has 3 nitrogen and oxygen atoms in total. The molecule has 1 rings (SSSR count). The molecule has 1 aromatic rings. The van der Waals surface area contributed by atoms with Gasteiger partial charge in [-0.3, -0.25) is 0 Å². The number of benzene rings is 1. The average molecular weight is 252 g/mol. The number of rotatable bonds is 1. The maximum absolute atomic E-state index is 9.88. The van der Waals surface area contributed by atoms with E-state index in [9.17, 15) is 4.79 Å². The van der Waals surface area contributed by atoms with Crippen molar-refractivity contribution in [2.45, 2.75) is 0 Å². The zero-order valence-corrected chi connectivity index (χ0v) is 12.6. The van der Waals surface area contributed by atoms with E-state index in [-0.39, 0.29) is 51.4 Å². The van der Waals surface area contributed by atoms with Crippen LogP contribution in [0.4, 0.5) is 0 Å². The molecule has 1 aromatic carbocycles. The van der Waals surface area contributed by atoms with Gasteiger partial charge in [-0.05, 0) is 0 Å². The van der Waals surface area contributed by atoms with E-state index in [1.54, 1.807) is 30.6 Å². The van der Waals surface area contributed by atoms with Crippen molar-refractivity contribution in [3.8, 4) is 0 Å². The normalized spacial score (nSPS) is 7.29. The number of nitrogens with one attached hydrogen (secondary N) is 1. The number of hydrogen-bond acceptors (Lipinski definition) is 3. The van der Waals surface area contributed by atoms with Crippen molar-refractivity contribution in [1.82, 2.24) is 5.43 Å². The fourth-order valence-corrected chi connectivity index (χ4v) is 0.506. The van der Waals surface area contributed by atoms with E-state index in [1.807, 2.05) is 6.07 Å². The third-order valence-electron chi connectivity index (χ3n) is 1.02. The predicted octanol–water partition coefficient (Wildman–Crippen LogP) is -2.19. The summed E-state index contributed by atoms with van der Waals surface area (Å²) in [5.74, 6) is 4.70. The molecular weight excluding hydrogens is 243 g/mol. The van der Waals surface area contributed by atoms with Crippen molar-refractivity contribution in [2.24, 2.45) is 5.84 Å². The fourth-order valence-electron chi connectivity index (χ4n) is 0.506. The minimum atomic E-state index is 0. The molecule has 0 saturated heterocycles. The zero-order valence-electron chi connectivity index (χ0n) is 7.73. The van der Waals surface area contributed by atoms with E-state index in [4.69, 9.17) is 5.84 Å². The summed E-state index contributed by atoms with van der Waals surface area (Å²) in [5.41, 5.74) is 2.73. The van der Waals surface area contributed by atoms with Crippen LogP contribution < -0.4 is 62.7 Å². The van der Waals surface area contributed by atoms with Crippen molar-refractivity contribution in [1.29, 1.82) is 0 Å². The molecule has 0 aliphatic carbocycles. The van der Waals surface area contributed by atoms with Crippen LogP contribution in [0.15, 0.2) is 30.3 Å². The third-order valence-corrected chi connectivity index (χ3v) is 1.26. The summed E-state index contributed by atoms with van der Waals surface area (Å²) in [6.45, 7) is 0. The molecule has 0 bridgehead atoms. The molecule has 3 N–H and O–H groups in total. The molecule has 0 aliphatic heterocycles. The Bertz CT molecular complexity index is 269. The van der Waals surface area contributed by atoms with Crippen molar-refractivity contribution in [2.75, 3.05) is 0 Å². The third kappa shape index (κ3) is 10.8. The molecule has 0 atom stereocenters. The van der Waals surface area contributed by atoms with E-state index >= 15 is 0 Å². The number of thiocarbonyl (C=S) groups is 1. The van der Waals surface area contributed by atoms with Crippen LogP contribution in [0.5, 0.6) is 0 Å². The Morgan fingerprint density at radius 2 is 1.86 bits per heavy atom. The first-order chi connectivity index (χ1) is 6.20. The van der Waals surface area contributed by atoms with E-state index in [2.05, 4.69) is 30.3 Å². The minimum Gasteiger partial charge on any atom is -0.376 e. The van der Waals surface area contributed by atoms with Gasteiger partial charge in [-0.1, -0.05) is 18.3 Å². The monoisotopic (exact) mass is 252 g/mol. The number of carbonyl (C=O) groups excluding carboxylic acids is 1. The Morgan fingerprint density at radius 3 is 2.07 bits per heavy atom. The maximum atomic E-state index is 9.88. The largest absolute Gasteiger partial charge is 1.00 e. The molecule has 0 unspecified atom stereocenters. The van der Waals surface area contributed by atoms with Crippen LogP contribution in [0.2, 0.25) is 0 Å². The molecule has 0 heterocycles. The van der Waals surface area contributed by atoms with Gasteiger partial charge in [0.15, 0.2) is 0 Å². The molecule has 70 valence electrons. The van der Waals surface area contributed by atoms with Crippen LogP contribution >= 0.6 is 24.8 Å². The van der Waals surface area contributed by atoms with E-state index in [0.29, 0.717) is 9.88 Å². The van der Waals surface area contributed by atoms with Gasteiger partial charge in [-0.15, -0.1) is 24.8 Å². The molecule has 0 aromatic heterocycles. The second-order valence-electron chi connectivity index (χ2n) is 1.92. The molecule has 0 saturated carbocycles. The first-order valence-corrected chi connectivity index (χ1v) is 4.19. The van der Waals surface area contributed by atoms with Crippen molar-refractivity contribution in [3.63, 3.8) is 0 Å². The van der Waals surface area contributed by atoms with E-state index in [1.165, 1.54) is 0 Å². The number of hydrazine groups is 1. The summed E-state index contributed by atoms with van der Waals surface area (Å²) in [5, 5.41) is 0. The number of nitrogens with two attached hydrogens (primary N) is 1. The molecule has 0 radical (unpaired) electrons. The molecule has 0 spiro atoms. The predicted molar refractivity (Wildman–Crippen MR) is 60.1 cm³/mol. The fraction of sp³-hybridized carbons (Fsp3) is 0. The summed E-state index contributed by atoms with van der Waals surface area (Å²) in [4.78, 5) is 9.88. The Labute approximate surface area is 137 Å². The number of thiol groups is 1. The van der Waals surface area contributed by atoms with Gasteiger partial charge in [0.05, 0.1) is 6.29 Å². The molecular formula is C8H9KN2OS2. The Balaban J connectivity index is 0. The Hall–Kier alpha value is 0.726. The van der Waals surface area contributed by atoms with Crippen LogP contribution in [-0.2, 0) is 4.79 Å². The van der Waals surface area contributed by atoms with Crippen LogP contribution in [0.25, 0.3) is 0 Å². The average Bonchev–Trinajstić information content (AvgIpc) is 2.20. The minimum absolute atomic E-state index is 0. The van der Waals surface area contributed by atoms with Crippen molar-refractivity contribution in [3.05, 3.63) is 35.9 Å². The van der Waals surface area contributed by atoms with Crippen molar-refractivity contribution >= 4 is 35.5 Å². The Morgan fingerprint density at radius 1 is 1.43 bits per heavy atom. The summed E-state index contributed by atoms with van der Waals surface area (Å²) < 4.78 is 0.310. The van der Waals surface area contributed by atoms with Gasteiger partial charge >= 0.3 is 51.4 Å². The second-order valence-corrected chi connectivity index (χ2v) is 3.08. The summed E-state index contributed by atoms with van der Waals surface area (Å²) in [6, 6.07) is 8.90. The molecule has 0 fully saturated rings. The topological polar surface area (TPSA) is 55.1 Å². The molecule has 14 heavy (non-hydrogen) atoms. The van der Waals surface area contributed by atoms with Gasteiger partial charge in [0, 0.05) is 0 Å². The van der Waals surface area contributed by atoms with Gasteiger partial charge in [-0.2, -0.15) is 17.7 Å². The van der Waals surface area contributed by atoms with Gasteiger partial charge < -0.3 is 10.2 Å². The smallest absolute Gasteiger partial charge is 0.376 e. The van der Waals surface area contributed by atoms with Gasteiger partial charge in [0.1, 0.15) is 4.32 Å². The van der Waals surface area contributed by atoms with Crippen LogP contribution in [0.1, 0.15) is 5.56 Å². The standard InChI is InChI=1S/C7H5O.CH4N2S2.K/c8-6-7-4-2-1-3-5-7;2-3-1(4)5;/h1-5H;2H2,(H2,3,4,5);/q-1;;+1. The van der Waals surface area contributed by atoms with Crippen molar-refractivity contribution < 1.29 is 56.2 Å². The van der Waals surface area contributed by atoms with Gasteiger partial charge in [-0.25, -0.2) is 5.84 Å².